The standard InChI is InChI=1S/C17H26N2O3/c20-16(13-11-12-6-7-15(13)22-12)19-10-2-1-5-14(19)17(21)18-8-3-4-9-18/h12-15H,1-11H2/t12-,13+,14-,15-/m1/s1. The van der Waals surface area contributed by atoms with Crippen LogP contribution in [0.4, 0.5) is 0 Å². The van der Waals surface area contributed by atoms with Crippen molar-refractivity contribution >= 4 is 11.8 Å². The first-order chi connectivity index (χ1) is 10.7. The molecule has 5 heteroatoms. The van der Waals surface area contributed by atoms with Gasteiger partial charge in [0, 0.05) is 19.6 Å². The fourth-order valence-electron chi connectivity index (χ4n) is 4.71. The molecule has 5 nitrogen and oxygen atoms in total. The topological polar surface area (TPSA) is 49.9 Å². The van der Waals surface area contributed by atoms with Gasteiger partial charge in [-0.3, -0.25) is 9.59 Å². The molecule has 0 saturated carbocycles. The van der Waals surface area contributed by atoms with E-state index in [0.717, 1.165) is 71.0 Å². The van der Waals surface area contributed by atoms with Gasteiger partial charge in [-0.2, -0.15) is 0 Å². The van der Waals surface area contributed by atoms with Gasteiger partial charge < -0.3 is 14.5 Å². The van der Waals surface area contributed by atoms with Gasteiger partial charge in [0.25, 0.3) is 0 Å². The lowest BCUT2D eigenvalue weighted by Gasteiger charge is -2.38. The normalized spacial score (nSPS) is 37.8. The van der Waals surface area contributed by atoms with Gasteiger partial charge >= 0.3 is 0 Å². The zero-order chi connectivity index (χ0) is 15.1. The third kappa shape index (κ3) is 2.43. The minimum atomic E-state index is -0.210. The number of carbonyl (C=O) groups is 2. The molecule has 0 aliphatic carbocycles. The first-order valence-corrected chi connectivity index (χ1v) is 8.99. The van der Waals surface area contributed by atoms with Crippen LogP contribution >= 0.6 is 0 Å². The molecule has 0 radical (unpaired) electrons. The average molecular weight is 306 g/mol. The van der Waals surface area contributed by atoms with Crippen LogP contribution in [0.15, 0.2) is 0 Å². The lowest BCUT2D eigenvalue weighted by molar-refractivity contribution is -0.150. The summed E-state index contributed by atoms with van der Waals surface area (Å²) in [7, 11) is 0. The number of rotatable bonds is 2. The zero-order valence-corrected chi connectivity index (χ0v) is 13.2. The number of fused-ring (bicyclic) bond motifs is 2. The molecule has 0 aromatic carbocycles. The summed E-state index contributed by atoms with van der Waals surface area (Å²) in [5, 5.41) is 0. The number of nitrogens with zero attached hydrogens (tertiary/aromatic N) is 2. The summed E-state index contributed by atoms with van der Waals surface area (Å²) in [6.07, 6.45) is 8.51. The third-order valence-electron chi connectivity index (χ3n) is 5.91. The number of ether oxygens (including phenoxy) is 1. The van der Waals surface area contributed by atoms with Crippen molar-refractivity contribution in [1.82, 2.24) is 9.80 Å². The molecule has 0 unspecified atom stereocenters. The number of piperidine rings is 1. The lowest BCUT2D eigenvalue weighted by atomic mass is 9.87. The largest absolute Gasteiger partial charge is 0.374 e. The molecule has 4 atom stereocenters. The van der Waals surface area contributed by atoms with E-state index in [4.69, 9.17) is 4.74 Å². The Morgan fingerprint density at radius 3 is 2.32 bits per heavy atom. The highest BCUT2D eigenvalue weighted by Crippen LogP contribution is 2.40. The third-order valence-corrected chi connectivity index (χ3v) is 5.91. The number of likely N-dealkylation sites (tertiary alicyclic amines) is 2. The number of amides is 2. The summed E-state index contributed by atoms with van der Waals surface area (Å²) in [4.78, 5) is 29.7. The Balaban J connectivity index is 1.48. The van der Waals surface area contributed by atoms with Crippen LogP contribution in [0.25, 0.3) is 0 Å². The van der Waals surface area contributed by atoms with Crippen molar-refractivity contribution in [2.75, 3.05) is 19.6 Å². The zero-order valence-electron chi connectivity index (χ0n) is 13.2. The molecule has 4 heterocycles. The molecule has 4 aliphatic rings. The molecule has 4 saturated heterocycles. The Kier molecular flexibility index (Phi) is 3.84. The van der Waals surface area contributed by atoms with E-state index in [2.05, 4.69) is 0 Å². The fourth-order valence-corrected chi connectivity index (χ4v) is 4.71. The molecule has 2 amide bonds. The van der Waals surface area contributed by atoms with E-state index in [0.29, 0.717) is 0 Å². The molecule has 0 aromatic rings. The van der Waals surface area contributed by atoms with Crippen LogP contribution in [0, 0.1) is 5.92 Å². The predicted octanol–water partition coefficient (Wildman–Crippen LogP) is 1.56. The maximum atomic E-state index is 13.0. The highest BCUT2D eigenvalue weighted by Gasteiger charge is 2.47. The monoisotopic (exact) mass is 306 g/mol. The molecule has 4 fully saturated rings. The molecule has 4 aliphatic heterocycles. The van der Waals surface area contributed by atoms with Crippen LogP contribution in [0.2, 0.25) is 0 Å². The summed E-state index contributed by atoms with van der Waals surface area (Å²) in [6, 6.07) is -0.210. The van der Waals surface area contributed by atoms with E-state index in [-0.39, 0.29) is 36.0 Å². The highest BCUT2D eigenvalue weighted by atomic mass is 16.5. The van der Waals surface area contributed by atoms with Gasteiger partial charge in [0.15, 0.2) is 0 Å². The molecule has 2 bridgehead atoms. The Morgan fingerprint density at radius 2 is 1.64 bits per heavy atom. The minimum absolute atomic E-state index is 0.00530. The predicted molar refractivity (Wildman–Crippen MR) is 81.2 cm³/mol. The quantitative estimate of drug-likeness (QED) is 0.778. The SMILES string of the molecule is O=C([C@H]1CCCCN1C(=O)[C@H]1C[C@H]2CC[C@H]1O2)N1CCCC1. The van der Waals surface area contributed by atoms with Crippen LogP contribution in [0.3, 0.4) is 0 Å². The summed E-state index contributed by atoms with van der Waals surface area (Å²) < 4.78 is 5.85. The van der Waals surface area contributed by atoms with Gasteiger partial charge in [0.1, 0.15) is 6.04 Å². The van der Waals surface area contributed by atoms with Crippen molar-refractivity contribution in [2.45, 2.75) is 69.6 Å². The minimum Gasteiger partial charge on any atom is -0.374 e. The van der Waals surface area contributed by atoms with E-state index in [1.165, 1.54) is 0 Å². The van der Waals surface area contributed by atoms with Gasteiger partial charge in [-0.15, -0.1) is 0 Å². The Bertz CT molecular complexity index is 461. The maximum absolute atomic E-state index is 13.0. The van der Waals surface area contributed by atoms with Gasteiger partial charge in [0.2, 0.25) is 11.8 Å². The molecule has 0 spiro atoms. The maximum Gasteiger partial charge on any atom is 0.245 e. The average Bonchev–Trinajstić information content (AvgIpc) is 3.30. The van der Waals surface area contributed by atoms with Crippen molar-refractivity contribution in [1.29, 1.82) is 0 Å². The van der Waals surface area contributed by atoms with Crippen LogP contribution < -0.4 is 0 Å². The van der Waals surface area contributed by atoms with Crippen LogP contribution in [-0.4, -0.2) is 59.5 Å². The van der Waals surface area contributed by atoms with E-state index in [9.17, 15) is 9.59 Å². The molecule has 122 valence electrons. The van der Waals surface area contributed by atoms with Gasteiger partial charge in [-0.25, -0.2) is 0 Å². The highest BCUT2D eigenvalue weighted by molar-refractivity contribution is 5.89. The van der Waals surface area contributed by atoms with Gasteiger partial charge in [-0.1, -0.05) is 0 Å². The summed E-state index contributed by atoms with van der Waals surface area (Å²) in [5.74, 6) is 0.379. The number of carbonyl (C=O) groups excluding carboxylic acids is 2. The molecule has 4 rings (SSSR count). The van der Waals surface area contributed by atoms with Gasteiger partial charge in [0.05, 0.1) is 18.1 Å². The molecule has 0 aromatic heterocycles. The molecule has 22 heavy (non-hydrogen) atoms. The van der Waals surface area contributed by atoms with Crippen molar-refractivity contribution in [3.05, 3.63) is 0 Å². The van der Waals surface area contributed by atoms with Gasteiger partial charge in [-0.05, 0) is 51.4 Å². The number of hydrogen-bond donors (Lipinski definition) is 0. The van der Waals surface area contributed by atoms with Crippen molar-refractivity contribution in [3.8, 4) is 0 Å². The second-order valence-corrected chi connectivity index (χ2v) is 7.29. The Morgan fingerprint density at radius 1 is 0.864 bits per heavy atom. The second kappa shape index (κ2) is 5.84. The summed E-state index contributed by atoms with van der Waals surface area (Å²) in [6.45, 7) is 2.49. The smallest absolute Gasteiger partial charge is 0.245 e. The summed E-state index contributed by atoms with van der Waals surface area (Å²) >= 11 is 0. The molecule has 0 N–H and O–H groups in total. The first kappa shape index (κ1) is 14.5. The van der Waals surface area contributed by atoms with E-state index in [1.54, 1.807) is 0 Å². The van der Waals surface area contributed by atoms with E-state index in [1.807, 2.05) is 9.80 Å². The van der Waals surface area contributed by atoms with E-state index < -0.39 is 0 Å². The molecular formula is C17H26N2O3. The Labute approximate surface area is 132 Å². The van der Waals surface area contributed by atoms with Crippen LogP contribution in [-0.2, 0) is 14.3 Å². The lowest BCUT2D eigenvalue weighted by Crippen LogP contribution is -2.54. The number of hydrogen-bond acceptors (Lipinski definition) is 3. The van der Waals surface area contributed by atoms with Crippen LogP contribution in [0.1, 0.15) is 51.4 Å². The van der Waals surface area contributed by atoms with Crippen molar-refractivity contribution < 1.29 is 14.3 Å². The first-order valence-electron chi connectivity index (χ1n) is 8.99. The van der Waals surface area contributed by atoms with Crippen molar-refractivity contribution in [2.24, 2.45) is 5.92 Å². The fraction of sp³-hybridized carbons (Fsp3) is 0.882. The van der Waals surface area contributed by atoms with Crippen molar-refractivity contribution in [3.63, 3.8) is 0 Å². The van der Waals surface area contributed by atoms with Crippen LogP contribution in [0.5, 0.6) is 0 Å². The van der Waals surface area contributed by atoms with E-state index >= 15 is 0 Å². The molecular weight excluding hydrogens is 280 g/mol. The Hall–Kier alpha value is -1.10. The second-order valence-electron chi connectivity index (χ2n) is 7.29. The summed E-state index contributed by atoms with van der Waals surface area (Å²) in [5.41, 5.74) is 0.